The van der Waals surface area contributed by atoms with Gasteiger partial charge in [0.15, 0.2) is 5.60 Å². The summed E-state index contributed by atoms with van der Waals surface area (Å²) in [6.07, 6.45) is 5.71. The number of halogens is 3. The van der Waals surface area contributed by atoms with Crippen molar-refractivity contribution in [2.45, 2.75) is 116 Å². The third-order valence-electron chi connectivity index (χ3n) is 10.6. The fraction of sp³-hybridized carbons (Fsp3) is 1.00. The van der Waals surface area contributed by atoms with E-state index in [-0.39, 0.29) is 24.9 Å². The highest BCUT2D eigenvalue weighted by Gasteiger charge is 2.61. The van der Waals surface area contributed by atoms with Crippen molar-refractivity contribution in [2.24, 2.45) is 46.8 Å². The molecule has 0 aliphatic heterocycles. The van der Waals surface area contributed by atoms with E-state index in [1.807, 2.05) is 6.92 Å². The molecule has 0 heterocycles. The maximum Gasteiger partial charge on any atom is 0.417 e. The Morgan fingerprint density at radius 1 is 0.903 bits per heavy atom. The SMILES string of the molecule is C[C@H](CCC[C@@H](C)O)[C@H]1CC[C@H]2[C@@H]3CC[C@H]4C[C@](O)(C(F)(F)F)CC[C@@H]4[C@H]3CC[C@]12C. The molecule has 5 heteroatoms. The minimum atomic E-state index is -4.50. The normalized spacial score (nSPS) is 47.2. The van der Waals surface area contributed by atoms with Crippen LogP contribution in [0.25, 0.3) is 0 Å². The van der Waals surface area contributed by atoms with Gasteiger partial charge in [-0.2, -0.15) is 13.2 Å². The van der Waals surface area contributed by atoms with Gasteiger partial charge in [-0.15, -0.1) is 0 Å². The Kier molecular flexibility index (Phi) is 6.53. The van der Waals surface area contributed by atoms with Crippen LogP contribution in [0.2, 0.25) is 0 Å². The van der Waals surface area contributed by atoms with Gasteiger partial charge in [-0.3, -0.25) is 0 Å². The minimum absolute atomic E-state index is 0.0441. The zero-order valence-electron chi connectivity index (χ0n) is 19.6. The first-order chi connectivity index (χ1) is 14.5. The summed E-state index contributed by atoms with van der Waals surface area (Å²) >= 11 is 0. The third-order valence-corrected chi connectivity index (χ3v) is 10.6. The van der Waals surface area contributed by atoms with E-state index in [1.165, 1.54) is 32.1 Å². The Bertz CT molecular complexity index is 635. The summed E-state index contributed by atoms with van der Waals surface area (Å²) in [4.78, 5) is 0. The number of alkyl halides is 3. The van der Waals surface area contributed by atoms with Crippen molar-refractivity contribution in [1.82, 2.24) is 0 Å². The van der Waals surface area contributed by atoms with Gasteiger partial charge in [0.05, 0.1) is 6.10 Å². The second-order valence-corrected chi connectivity index (χ2v) is 12.2. The van der Waals surface area contributed by atoms with Crippen LogP contribution in [0.1, 0.15) is 97.8 Å². The first-order valence-corrected chi connectivity index (χ1v) is 12.9. The fourth-order valence-electron chi connectivity index (χ4n) is 9.05. The van der Waals surface area contributed by atoms with Crippen molar-refractivity contribution in [3.63, 3.8) is 0 Å². The van der Waals surface area contributed by atoms with Crippen LogP contribution >= 0.6 is 0 Å². The van der Waals surface area contributed by atoms with Crippen LogP contribution < -0.4 is 0 Å². The standard InChI is InChI=1S/C26H43F3O2/c1-16(5-4-6-17(2)30)22-9-10-23-21-8-7-18-15-25(31,26(27,28)29)14-12-19(18)20(21)11-13-24(22,23)3/h16-23,30-31H,4-15H2,1-3H3/t16-,17-,18+,19+,20-,21-,22-,23+,24-,25+/m1/s1. The molecule has 4 rings (SSSR count). The maximum atomic E-state index is 13.4. The fourth-order valence-corrected chi connectivity index (χ4v) is 9.05. The molecule has 0 aromatic carbocycles. The maximum absolute atomic E-state index is 13.4. The van der Waals surface area contributed by atoms with Crippen LogP contribution in [0.4, 0.5) is 13.2 Å². The Morgan fingerprint density at radius 2 is 1.61 bits per heavy atom. The number of hydrogen-bond acceptors (Lipinski definition) is 2. The largest absolute Gasteiger partial charge is 0.417 e. The number of hydrogen-bond donors (Lipinski definition) is 2. The average molecular weight is 445 g/mol. The molecule has 4 fully saturated rings. The summed E-state index contributed by atoms with van der Waals surface area (Å²) in [6, 6.07) is 0. The lowest BCUT2D eigenvalue weighted by Gasteiger charge is -2.57. The first-order valence-electron chi connectivity index (χ1n) is 12.9. The van der Waals surface area contributed by atoms with Gasteiger partial charge < -0.3 is 10.2 Å². The molecule has 10 atom stereocenters. The van der Waals surface area contributed by atoms with Crippen LogP contribution in [0.5, 0.6) is 0 Å². The average Bonchev–Trinajstić information content (AvgIpc) is 3.03. The molecule has 0 aromatic rings. The van der Waals surface area contributed by atoms with Gasteiger partial charge in [0.2, 0.25) is 0 Å². The third kappa shape index (κ3) is 4.20. The molecule has 31 heavy (non-hydrogen) atoms. The van der Waals surface area contributed by atoms with Gasteiger partial charge in [0.25, 0.3) is 0 Å². The van der Waals surface area contributed by atoms with E-state index in [1.54, 1.807) is 0 Å². The summed E-state index contributed by atoms with van der Waals surface area (Å²) in [6.45, 7) is 6.80. The minimum Gasteiger partial charge on any atom is -0.393 e. The molecular weight excluding hydrogens is 401 g/mol. The summed E-state index contributed by atoms with van der Waals surface area (Å²) < 4.78 is 40.3. The molecule has 0 bridgehead atoms. The molecule has 4 aliphatic rings. The monoisotopic (exact) mass is 444 g/mol. The smallest absolute Gasteiger partial charge is 0.393 e. The van der Waals surface area contributed by atoms with Gasteiger partial charge in [-0.25, -0.2) is 0 Å². The number of fused-ring (bicyclic) bond motifs is 5. The zero-order valence-corrected chi connectivity index (χ0v) is 19.6. The number of aliphatic hydroxyl groups excluding tert-OH is 1. The van der Waals surface area contributed by atoms with E-state index in [2.05, 4.69) is 13.8 Å². The van der Waals surface area contributed by atoms with Crippen molar-refractivity contribution in [2.75, 3.05) is 0 Å². The Labute approximate surface area is 186 Å². The molecule has 4 aliphatic carbocycles. The second-order valence-electron chi connectivity index (χ2n) is 12.2. The van der Waals surface area contributed by atoms with Gasteiger partial charge in [-0.1, -0.05) is 26.7 Å². The van der Waals surface area contributed by atoms with Crippen molar-refractivity contribution in [3.8, 4) is 0 Å². The summed E-state index contributed by atoms with van der Waals surface area (Å²) in [5.74, 6) is 3.81. The van der Waals surface area contributed by atoms with Crippen LogP contribution in [-0.2, 0) is 0 Å². The lowest BCUT2D eigenvalue weighted by Crippen LogP contribution is -2.55. The predicted molar refractivity (Wildman–Crippen MR) is 116 cm³/mol. The lowest BCUT2D eigenvalue weighted by molar-refractivity contribution is -0.282. The van der Waals surface area contributed by atoms with Crippen molar-refractivity contribution in [1.29, 1.82) is 0 Å². The van der Waals surface area contributed by atoms with Crippen molar-refractivity contribution >= 4 is 0 Å². The number of aliphatic hydroxyl groups is 2. The molecule has 0 spiro atoms. The van der Waals surface area contributed by atoms with Crippen molar-refractivity contribution < 1.29 is 23.4 Å². The van der Waals surface area contributed by atoms with Gasteiger partial charge in [-0.05, 0) is 118 Å². The van der Waals surface area contributed by atoms with Crippen LogP contribution in [0, 0.1) is 46.8 Å². The molecule has 0 radical (unpaired) electrons. The molecule has 2 nitrogen and oxygen atoms in total. The second kappa shape index (κ2) is 8.49. The van der Waals surface area contributed by atoms with E-state index >= 15 is 0 Å². The number of rotatable bonds is 5. The van der Waals surface area contributed by atoms with E-state index in [0.29, 0.717) is 35.5 Å². The highest BCUT2D eigenvalue weighted by Crippen LogP contribution is 2.66. The molecule has 0 aromatic heterocycles. The molecule has 4 saturated carbocycles. The van der Waals surface area contributed by atoms with E-state index in [0.717, 1.165) is 37.5 Å². The zero-order chi connectivity index (χ0) is 22.6. The highest BCUT2D eigenvalue weighted by molar-refractivity contribution is 5.08. The van der Waals surface area contributed by atoms with E-state index < -0.39 is 11.8 Å². The molecule has 0 unspecified atom stereocenters. The van der Waals surface area contributed by atoms with Crippen molar-refractivity contribution in [3.05, 3.63) is 0 Å². The molecule has 0 amide bonds. The van der Waals surface area contributed by atoms with E-state index in [9.17, 15) is 23.4 Å². The quantitative estimate of drug-likeness (QED) is 0.493. The highest BCUT2D eigenvalue weighted by atomic mass is 19.4. The topological polar surface area (TPSA) is 40.5 Å². The summed E-state index contributed by atoms with van der Waals surface area (Å²) in [5, 5.41) is 19.9. The van der Waals surface area contributed by atoms with Crippen LogP contribution in [0.15, 0.2) is 0 Å². The molecule has 180 valence electrons. The van der Waals surface area contributed by atoms with E-state index in [4.69, 9.17) is 0 Å². The summed E-state index contributed by atoms with van der Waals surface area (Å²) in [5.41, 5.74) is -2.08. The molecule has 0 saturated heterocycles. The van der Waals surface area contributed by atoms with Gasteiger partial charge in [0, 0.05) is 0 Å². The van der Waals surface area contributed by atoms with Crippen LogP contribution in [-0.4, -0.2) is 28.1 Å². The lowest BCUT2D eigenvalue weighted by atomic mass is 9.48. The van der Waals surface area contributed by atoms with Crippen LogP contribution in [0.3, 0.4) is 0 Å². The Morgan fingerprint density at radius 3 is 2.29 bits per heavy atom. The summed E-state index contributed by atoms with van der Waals surface area (Å²) in [7, 11) is 0. The predicted octanol–water partition coefficient (Wildman–Crippen LogP) is 6.74. The molecular formula is C26H43F3O2. The Balaban J connectivity index is 1.42. The molecule has 2 N–H and O–H groups in total. The van der Waals surface area contributed by atoms with Gasteiger partial charge >= 0.3 is 6.18 Å². The first kappa shape index (κ1) is 23.9. The Hall–Kier alpha value is -0.290. The van der Waals surface area contributed by atoms with Gasteiger partial charge in [0.1, 0.15) is 0 Å².